The summed E-state index contributed by atoms with van der Waals surface area (Å²) in [5, 5.41) is 0. The number of allylic oxidation sites excluding steroid dienone is 1. The number of ketones is 1. The first-order valence-electron chi connectivity index (χ1n) is 4.20. The zero-order valence-electron chi connectivity index (χ0n) is 8.06. The first-order valence-corrected chi connectivity index (χ1v) is 4.20. The highest BCUT2D eigenvalue weighted by Crippen LogP contribution is 2.32. The quantitative estimate of drug-likeness (QED) is 0.689. The highest BCUT2D eigenvalue weighted by molar-refractivity contribution is 5.94. The van der Waals surface area contributed by atoms with Crippen LogP contribution in [0.5, 0.6) is 0 Å². The second-order valence-corrected chi connectivity index (χ2v) is 3.11. The molecular formula is C11H9F3O. The monoisotopic (exact) mass is 214 g/mol. The van der Waals surface area contributed by atoms with E-state index in [2.05, 4.69) is 6.58 Å². The molecule has 1 aromatic rings. The summed E-state index contributed by atoms with van der Waals surface area (Å²) in [5.41, 5.74) is -0.543. The largest absolute Gasteiger partial charge is 0.416 e. The van der Waals surface area contributed by atoms with E-state index >= 15 is 0 Å². The smallest absolute Gasteiger partial charge is 0.295 e. The van der Waals surface area contributed by atoms with Gasteiger partial charge in [-0.25, -0.2) is 0 Å². The highest BCUT2D eigenvalue weighted by Gasteiger charge is 2.32. The molecule has 1 rings (SSSR count). The lowest BCUT2D eigenvalue weighted by molar-refractivity contribution is -0.0686. The number of hydrogen-bond donors (Lipinski definition) is 0. The van der Waals surface area contributed by atoms with Gasteiger partial charge in [-0.15, -0.1) is 0 Å². The predicted octanol–water partition coefficient (Wildman–Crippen LogP) is 3.46. The van der Waals surface area contributed by atoms with E-state index < -0.39 is 11.7 Å². The maximum Gasteiger partial charge on any atom is 0.416 e. The average Bonchev–Trinajstić information content (AvgIpc) is 2.15. The number of hydrogen-bond acceptors (Lipinski definition) is 1. The normalized spacial score (nSPS) is 11.2. The molecule has 0 radical (unpaired) electrons. The number of carbonyl (C=O) groups is 1. The van der Waals surface area contributed by atoms with Crippen LogP contribution in [0.1, 0.15) is 22.8 Å². The van der Waals surface area contributed by atoms with Gasteiger partial charge < -0.3 is 0 Å². The minimum atomic E-state index is -4.43. The third-order valence-electron chi connectivity index (χ3n) is 1.98. The van der Waals surface area contributed by atoms with Crippen LogP contribution < -0.4 is 0 Å². The third kappa shape index (κ3) is 2.68. The van der Waals surface area contributed by atoms with Crippen molar-refractivity contribution in [2.75, 3.05) is 0 Å². The molecule has 0 aliphatic heterocycles. The molecule has 0 aromatic heterocycles. The molecule has 1 nitrogen and oxygen atoms in total. The van der Waals surface area contributed by atoms with Crippen LogP contribution in [0.25, 0.3) is 5.57 Å². The first-order chi connectivity index (χ1) is 6.82. The second-order valence-electron chi connectivity index (χ2n) is 3.11. The van der Waals surface area contributed by atoms with Crippen molar-refractivity contribution in [1.29, 1.82) is 0 Å². The zero-order chi connectivity index (χ0) is 11.6. The van der Waals surface area contributed by atoms with Crippen LogP contribution >= 0.6 is 0 Å². The van der Waals surface area contributed by atoms with Crippen molar-refractivity contribution >= 4 is 11.4 Å². The molecule has 0 saturated carbocycles. The summed E-state index contributed by atoms with van der Waals surface area (Å²) in [4.78, 5) is 10.9. The maximum absolute atomic E-state index is 12.2. The summed E-state index contributed by atoms with van der Waals surface area (Å²) in [5.74, 6) is -0.181. The number of halogens is 3. The molecule has 15 heavy (non-hydrogen) atoms. The lowest BCUT2D eigenvalue weighted by Gasteiger charge is -2.09. The number of alkyl halides is 3. The maximum atomic E-state index is 12.2. The molecule has 0 atom stereocenters. The number of carbonyl (C=O) groups excluding carboxylic acids is 1. The molecule has 4 heteroatoms. The van der Waals surface area contributed by atoms with E-state index in [1.807, 2.05) is 0 Å². The van der Waals surface area contributed by atoms with Gasteiger partial charge in [0.2, 0.25) is 0 Å². The van der Waals surface area contributed by atoms with Crippen LogP contribution in [0.4, 0.5) is 13.2 Å². The fourth-order valence-corrected chi connectivity index (χ4v) is 1.07. The summed E-state index contributed by atoms with van der Waals surface area (Å²) < 4.78 is 36.7. The van der Waals surface area contributed by atoms with Crippen molar-refractivity contribution in [3.05, 3.63) is 42.0 Å². The summed E-state index contributed by atoms with van der Waals surface area (Å²) >= 11 is 0. The number of rotatable bonds is 2. The van der Waals surface area contributed by atoms with Crippen LogP contribution in [0.15, 0.2) is 30.8 Å². The van der Waals surface area contributed by atoms with E-state index in [1.54, 1.807) is 0 Å². The van der Waals surface area contributed by atoms with Crippen LogP contribution in [0.2, 0.25) is 0 Å². The Morgan fingerprint density at radius 3 is 1.87 bits per heavy atom. The summed E-state index contributed by atoms with van der Waals surface area (Å²) in [7, 11) is 0. The SMILES string of the molecule is C=C(c1ccc(C(C)=O)cc1)C(F)(F)F. The minimum absolute atomic E-state index is 0.0208. The minimum Gasteiger partial charge on any atom is -0.295 e. The molecule has 0 unspecified atom stereocenters. The first kappa shape index (κ1) is 11.5. The Labute approximate surface area is 85.2 Å². The van der Waals surface area contributed by atoms with E-state index in [1.165, 1.54) is 31.2 Å². The fraction of sp³-hybridized carbons (Fsp3) is 0.182. The van der Waals surface area contributed by atoms with E-state index in [-0.39, 0.29) is 11.3 Å². The molecule has 0 saturated heterocycles. The van der Waals surface area contributed by atoms with Crippen LogP contribution in [-0.4, -0.2) is 12.0 Å². The van der Waals surface area contributed by atoms with Crippen molar-refractivity contribution in [3.8, 4) is 0 Å². The molecule has 0 aliphatic rings. The molecule has 0 fully saturated rings. The second kappa shape index (κ2) is 3.88. The van der Waals surface area contributed by atoms with Gasteiger partial charge in [-0.05, 0) is 12.5 Å². The van der Waals surface area contributed by atoms with Crippen molar-refractivity contribution in [2.45, 2.75) is 13.1 Å². The third-order valence-corrected chi connectivity index (χ3v) is 1.98. The molecule has 0 heterocycles. The summed E-state index contributed by atoms with van der Waals surface area (Å²) in [6.07, 6.45) is -4.43. The number of benzene rings is 1. The predicted molar refractivity (Wildman–Crippen MR) is 51.5 cm³/mol. The highest BCUT2D eigenvalue weighted by atomic mass is 19.4. The molecule has 80 valence electrons. The topological polar surface area (TPSA) is 17.1 Å². The van der Waals surface area contributed by atoms with Gasteiger partial charge in [0.1, 0.15) is 0 Å². The van der Waals surface area contributed by atoms with Gasteiger partial charge in [-0.2, -0.15) is 13.2 Å². The van der Waals surface area contributed by atoms with Gasteiger partial charge >= 0.3 is 6.18 Å². The van der Waals surface area contributed by atoms with Gasteiger partial charge in [0.15, 0.2) is 5.78 Å². The molecule has 0 N–H and O–H groups in total. The lowest BCUT2D eigenvalue weighted by Crippen LogP contribution is -2.09. The van der Waals surface area contributed by atoms with Crippen molar-refractivity contribution in [2.24, 2.45) is 0 Å². The van der Waals surface area contributed by atoms with Crippen molar-refractivity contribution in [3.63, 3.8) is 0 Å². The van der Waals surface area contributed by atoms with E-state index in [0.717, 1.165) is 0 Å². The number of Topliss-reactive ketones (excluding diaryl/α,β-unsaturated/α-hetero) is 1. The molecule has 0 bridgehead atoms. The van der Waals surface area contributed by atoms with E-state index in [0.29, 0.717) is 5.56 Å². The molecule has 0 aliphatic carbocycles. The Morgan fingerprint density at radius 2 is 1.53 bits per heavy atom. The van der Waals surface area contributed by atoms with Gasteiger partial charge in [0.05, 0.1) is 5.57 Å². The summed E-state index contributed by atoms with van der Waals surface area (Å²) in [6, 6.07) is 5.20. The van der Waals surface area contributed by atoms with Gasteiger partial charge in [0.25, 0.3) is 0 Å². The van der Waals surface area contributed by atoms with Crippen molar-refractivity contribution < 1.29 is 18.0 Å². The molecule has 0 spiro atoms. The van der Waals surface area contributed by atoms with Gasteiger partial charge in [-0.3, -0.25) is 4.79 Å². The van der Waals surface area contributed by atoms with Crippen LogP contribution in [0, 0.1) is 0 Å². The standard InChI is InChI=1S/C11H9F3O/c1-7(11(12,13)14)9-3-5-10(6-4-9)8(2)15/h3-6H,1H2,2H3. The van der Waals surface area contributed by atoms with E-state index in [9.17, 15) is 18.0 Å². The Bertz CT molecular complexity index is 387. The summed E-state index contributed by atoms with van der Waals surface area (Å²) in [6.45, 7) is 4.32. The van der Waals surface area contributed by atoms with Gasteiger partial charge in [-0.1, -0.05) is 30.8 Å². The zero-order valence-corrected chi connectivity index (χ0v) is 8.06. The van der Waals surface area contributed by atoms with Gasteiger partial charge in [0, 0.05) is 5.56 Å². The Hall–Kier alpha value is -1.58. The molecule has 1 aromatic carbocycles. The fourth-order valence-electron chi connectivity index (χ4n) is 1.07. The van der Waals surface area contributed by atoms with E-state index in [4.69, 9.17) is 0 Å². The Morgan fingerprint density at radius 1 is 1.13 bits per heavy atom. The Balaban J connectivity index is 3.00. The Kier molecular flexibility index (Phi) is 2.98. The molecule has 0 amide bonds. The average molecular weight is 214 g/mol. The molecular weight excluding hydrogens is 205 g/mol. The van der Waals surface area contributed by atoms with Crippen LogP contribution in [0.3, 0.4) is 0 Å². The van der Waals surface area contributed by atoms with Crippen LogP contribution in [-0.2, 0) is 0 Å². The van der Waals surface area contributed by atoms with Crippen molar-refractivity contribution in [1.82, 2.24) is 0 Å². The lowest BCUT2D eigenvalue weighted by atomic mass is 10.0.